The molecule has 1 aromatic rings. The van der Waals surface area contributed by atoms with Crippen LogP contribution >= 0.6 is 11.6 Å². The number of rotatable bonds is 4. The minimum absolute atomic E-state index is 0.248. The molecule has 1 heterocycles. The second kappa shape index (κ2) is 5.56. The molecule has 4 nitrogen and oxygen atoms in total. The molecule has 0 aliphatic carbocycles. The van der Waals surface area contributed by atoms with E-state index in [9.17, 15) is 4.79 Å². The molecule has 1 atom stereocenters. The van der Waals surface area contributed by atoms with E-state index in [0.29, 0.717) is 18.2 Å². The van der Waals surface area contributed by atoms with Crippen LogP contribution in [0.1, 0.15) is 13.8 Å². The van der Waals surface area contributed by atoms with Gasteiger partial charge in [0.2, 0.25) is 11.8 Å². The fourth-order valence-corrected chi connectivity index (χ4v) is 0.984. The lowest BCUT2D eigenvalue weighted by molar-refractivity contribution is -0.115. The molecule has 0 aliphatic rings. The lowest BCUT2D eigenvalue weighted by Crippen LogP contribution is -2.20. The monoisotopic (exact) mass is 228 g/mol. The minimum atomic E-state index is -0.559. The van der Waals surface area contributed by atoms with Crippen molar-refractivity contribution in [1.82, 2.24) is 4.98 Å². The van der Waals surface area contributed by atoms with Gasteiger partial charge in [0, 0.05) is 6.07 Å². The molecule has 5 heteroatoms. The van der Waals surface area contributed by atoms with Crippen LogP contribution in [0, 0.1) is 0 Å². The molecule has 0 aromatic carbocycles. The normalized spacial score (nSPS) is 11.9. The topological polar surface area (TPSA) is 51.2 Å². The number of halogens is 1. The van der Waals surface area contributed by atoms with E-state index in [0.717, 1.165) is 0 Å². The van der Waals surface area contributed by atoms with Crippen molar-refractivity contribution >= 4 is 23.2 Å². The van der Waals surface area contributed by atoms with Gasteiger partial charge in [-0.05, 0) is 19.9 Å². The average Bonchev–Trinajstić information content (AvgIpc) is 2.21. The van der Waals surface area contributed by atoms with E-state index in [1.165, 1.54) is 6.20 Å². The quantitative estimate of drug-likeness (QED) is 0.803. The van der Waals surface area contributed by atoms with Gasteiger partial charge in [0.25, 0.3) is 0 Å². The highest BCUT2D eigenvalue weighted by molar-refractivity contribution is 6.32. The van der Waals surface area contributed by atoms with E-state index in [1.54, 1.807) is 19.1 Å². The molecule has 82 valence electrons. The van der Waals surface area contributed by atoms with Crippen molar-refractivity contribution in [2.75, 3.05) is 11.9 Å². The Balaban J connectivity index is 2.60. The van der Waals surface area contributed by atoms with Crippen LogP contribution in [-0.4, -0.2) is 22.9 Å². The highest BCUT2D eigenvalue weighted by Crippen LogP contribution is 2.12. The number of nitrogens with one attached hydrogen (secondary N) is 1. The maximum absolute atomic E-state index is 11.2. The summed E-state index contributed by atoms with van der Waals surface area (Å²) in [7, 11) is 0. The predicted octanol–water partition coefficient (Wildman–Crippen LogP) is 2.05. The number of nitrogens with zero attached hydrogens (tertiary/aromatic N) is 1. The summed E-state index contributed by atoms with van der Waals surface area (Å²) in [5, 5.41) is 2.06. The van der Waals surface area contributed by atoms with E-state index in [2.05, 4.69) is 10.3 Å². The molecule has 0 spiro atoms. The number of carbonyl (C=O) groups is 1. The number of hydrogen-bond donors (Lipinski definition) is 1. The van der Waals surface area contributed by atoms with Crippen molar-refractivity contribution in [1.29, 1.82) is 0 Å². The summed E-state index contributed by atoms with van der Waals surface area (Å²) in [5.41, 5.74) is 0.607. The van der Waals surface area contributed by atoms with Gasteiger partial charge in [-0.1, -0.05) is 0 Å². The van der Waals surface area contributed by atoms with Crippen molar-refractivity contribution in [3.63, 3.8) is 0 Å². The van der Waals surface area contributed by atoms with Gasteiger partial charge < -0.3 is 10.1 Å². The predicted molar refractivity (Wildman–Crippen MR) is 59.4 cm³/mol. The van der Waals surface area contributed by atoms with E-state index >= 15 is 0 Å². The Hall–Kier alpha value is -1.29. The zero-order chi connectivity index (χ0) is 11.3. The molecule has 0 bridgehead atoms. The minimum Gasteiger partial charge on any atom is -0.478 e. The van der Waals surface area contributed by atoms with Crippen molar-refractivity contribution in [3.05, 3.63) is 18.3 Å². The Labute approximate surface area is 93.6 Å². The molecule has 0 fully saturated rings. The van der Waals surface area contributed by atoms with Crippen molar-refractivity contribution in [2.24, 2.45) is 0 Å². The number of aromatic nitrogens is 1. The highest BCUT2D eigenvalue weighted by atomic mass is 35.5. The summed E-state index contributed by atoms with van der Waals surface area (Å²) in [6, 6.07) is 3.41. The number of hydrogen-bond acceptors (Lipinski definition) is 3. The molecule has 15 heavy (non-hydrogen) atoms. The van der Waals surface area contributed by atoms with Gasteiger partial charge in [-0.25, -0.2) is 4.98 Å². The molecule has 0 saturated carbocycles. The maximum atomic E-state index is 11.2. The number of anilines is 1. The van der Waals surface area contributed by atoms with Gasteiger partial charge in [-0.3, -0.25) is 4.79 Å². The third kappa shape index (κ3) is 3.75. The molecular weight excluding hydrogens is 216 g/mol. The largest absolute Gasteiger partial charge is 0.478 e. The zero-order valence-electron chi connectivity index (χ0n) is 8.66. The number of pyridine rings is 1. The molecule has 1 N–H and O–H groups in total. The lowest BCUT2D eigenvalue weighted by atomic mass is 10.3. The van der Waals surface area contributed by atoms with Crippen LogP contribution in [0.5, 0.6) is 5.88 Å². The molecule has 0 saturated heterocycles. The van der Waals surface area contributed by atoms with E-state index in [1.807, 2.05) is 6.92 Å². The average molecular weight is 229 g/mol. The third-order valence-electron chi connectivity index (χ3n) is 1.66. The van der Waals surface area contributed by atoms with Crippen LogP contribution in [-0.2, 0) is 4.79 Å². The fourth-order valence-electron chi connectivity index (χ4n) is 0.929. The van der Waals surface area contributed by atoms with Gasteiger partial charge in [0.05, 0.1) is 18.5 Å². The summed E-state index contributed by atoms with van der Waals surface area (Å²) < 4.78 is 5.16. The van der Waals surface area contributed by atoms with E-state index in [-0.39, 0.29) is 5.91 Å². The Morgan fingerprint density at radius 1 is 1.67 bits per heavy atom. The molecular formula is C10H13ClN2O2. The van der Waals surface area contributed by atoms with Crippen molar-refractivity contribution in [3.8, 4) is 5.88 Å². The number of ether oxygens (including phenoxy) is 1. The number of alkyl halides is 1. The van der Waals surface area contributed by atoms with Crippen LogP contribution in [0.3, 0.4) is 0 Å². The Kier molecular flexibility index (Phi) is 4.37. The Morgan fingerprint density at radius 2 is 2.40 bits per heavy atom. The smallest absolute Gasteiger partial charge is 0.242 e. The van der Waals surface area contributed by atoms with Crippen molar-refractivity contribution in [2.45, 2.75) is 19.2 Å². The molecule has 1 unspecified atom stereocenters. The van der Waals surface area contributed by atoms with Crippen LogP contribution in [0.2, 0.25) is 0 Å². The number of amides is 1. The summed E-state index contributed by atoms with van der Waals surface area (Å²) in [6.07, 6.45) is 1.53. The first kappa shape index (κ1) is 11.8. The maximum Gasteiger partial charge on any atom is 0.242 e. The summed E-state index contributed by atoms with van der Waals surface area (Å²) in [4.78, 5) is 15.2. The van der Waals surface area contributed by atoms with Crippen LogP contribution in [0.25, 0.3) is 0 Å². The standard InChI is InChI=1S/C10H13ClN2O2/c1-3-15-9-5-4-8(6-12-9)13-10(14)7(2)11/h4-7H,3H2,1-2H3,(H,13,14). The highest BCUT2D eigenvalue weighted by Gasteiger charge is 2.08. The zero-order valence-corrected chi connectivity index (χ0v) is 9.41. The second-order valence-electron chi connectivity index (χ2n) is 2.92. The fraction of sp³-hybridized carbons (Fsp3) is 0.400. The molecule has 0 radical (unpaired) electrons. The molecule has 1 rings (SSSR count). The summed E-state index contributed by atoms with van der Waals surface area (Å²) in [5.74, 6) is 0.289. The van der Waals surface area contributed by atoms with Crippen LogP contribution in [0.15, 0.2) is 18.3 Å². The van der Waals surface area contributed by atoms with E-state index < -0.39 is 5.38 Å². The Morgan fingerprint density at radius 3 is 2.87 bits per heavy atom. The van der Waals surface area contributed by atoms with Crippen LogP contribution < -0.4 is 10.1 Å². The molecule has 1 aromatic heterocycles. The van der Waals surface area contributed by atoms with Gasteiger partial charge in [0.1, 0.15) is 5.38 Å². The number of carbonyl (C=O) groups excluding carboxylic acids is 1. The van der Waals surface area contributed by atoms with Crippen LogP contribution in [0.4, 0.5) is 5.69 Å². The van der Waals surface area contributed by atoms with Gasteiger partial charge in [-0.15, -0.1) is 11.6 Å². The SMILES string of the molecule is CCOc1ccc(NC(=O)C(C)Cl)cn1. The third-order valence-corrected chi connectivity index (χ3v) is 1.86. The first-order valence-electron chi connectivity index (χ1n) is 4.67. The van der Waals surface area contributed by atoms with Gasteiger partial charge >= 0.3 is 0 Å². The van der Waals surface area contributed by atoms with E-state index in [4.69, 9.17) is 16.3 Å². The second-order valence-corrected chi connectivity index (χ2v) is 3.58. The van der Waals surface area contributed by atoms with Gasteiger partial charge in [0.15, 0.2) is 0 Å². The summed E-state index contributed by atoms with van der Waals surface area (Å²) >= 11 is 5.60. The first-order valence-corrected chi connectivity index (χ1v) is 5.11. The Bertz CT molecular complexity index is 325. The summed E-state index contributed by atoms with van der Waals surface area (Å²) in [6.45, 7) is 4.06. The first-order chi connectivity index (χ1) is 7.13. The van der Waals surface area contributed by atoms with Gasteiger partial charge in [-0.2, -0.15) is 0 Å². The molecule has 1 amide bonds. The molecule has 0 aliphatic heterocycles. The lowest BCUT2D eigenvalue weighted by Gasteiger charge is -2.06. The van der Waals surface area contributed by atoms with Crippen molar-refractivity contribution < 1.29 is 9.53 Å².